The summed E-state index contributed by atoms with van der Waals surface area (Å²) < 4.78 is 0. The van der Waals surface area contributed by atoms with Gasteiger partial charge >= 0.3 is 0 Å². The summed E-state index contributed by atoms with van der Waals surface area (Å²) in [5.74, 6) is 0.396. The van der Waals surface area contributed by atoms with E-state index in [-0.39, 0.29) is 12.5 Å². The van der Waals surface area contributed by atoms with E-state index in [1.165, 1.54) is 6.42 Å². The highest BCUT2D eigenvalue weighted by atomic mass is 16.3. The van der Waals surface area contributed by atoms with Crippen LogP contribution in [0.4, 0.5) is 0 Å². The number of hydrogen-bond donors (Lipinski definition) is 2. The zero-order valence-corrected chi connectivity index (χ0v) is 11.6. The van der Waals surface area contributed by atoms with Crippen LogP contribution >= 0.6 is 0 Å². The predicted octanol–water partition coefficient (Wildman–Crippen LogP) is 2.06. The van der Waals surface area contributed by atoms with E-state index in [1.807, 2.05) is 13.0 Å². The number of nitrogens with zero attached hydrogens (tertiary/aromatic N) is 1. The number of aliphatic hydroxyl groups is 1. The van der Waals surface area contributed by atoms with Gasteiger partial charge in [0.25, 0.3) is 5.91 Å². The van der Waals surface area contributed by atoms with E-state index < -0.39 is 5.54 Å². The monoisotopic (exact) mass is 262 g/mol. The Hall–Kier alpha value is -1.42. The second-order valence-corrected chi connectivity index (χ2v) is 5.78. The van der Waals surface area contributed by atoms with E-state index in [0.29, 0.717) is 11.5 Å². The largest absolute Gasteiger partial charge is 0.394 e. The summed E-state index contributed by atoms with van der Waals surface area (Å²) in [6.45, 7) is 4.06. The van der Waals surface area contributed by atoms with Gasteiger partial charge in [-0.2, -0.15) is 0 Å². The van der Waals surface area contributed by atoms with E-state index in [0.717, 1.165) is 25.0 Å². The molecule has 0 aromatic carbocycles. The van der Waals surface area contributed by atoms with E-state index in [4.69, 9.17) is 0 Å². The Balaban J connectivity index is 2.09. The zero-order valence-electron chi connectivity index (χ0n) is 11.6. The van der Waals surface area contributed by atoms with Crippen molar-refractivity contribution < 1.29 is 9.90 Å². The van der Waals surface area contributed by atoms with Crippen LogP contribution in [0.2, 0.25) is 0 Å². The van der Waals surface area contributed by atoms with Crippen molar-refractivity contribution >= 4 is 5.91 Å². The quantitative estimate of drug-likeness (QED) is 0.876. The Morgan fingerprint density at radius 2 is 2.37 bits per heavy atom. The van der Waals surface area contributed by atoms with E-state index >= 15 is 0 Å². The first-order valence-electron chi connectivity index (χ1n) is 6.91. The van der Waals surface area contributed by atoms with Gasteiger partial charge < -0.3 is 10.4 Å². The minimum absolute atomic E-state index is 0.00235. The van der Waals surface area contributed by atoms with E-state index in [1.54, 1.807) is 12.3 Å². The molecule has 1 saturated carbocycles. The molecule has 2 unspecified atom stereocenters. The number of pyridine rings is 1. The standard InChI is InChI=1S/C15H22N2O2/c1-11-4-3-7-15(8-11,10-18)17-14(19)13-6-5-12(2)16-9-13/h5-6,9,11,18H,3-4,7-8,10H2,1-2H3,(H,17,19). The molecule has 104 valence electrons. The fourth-order valence-electron chi connectivity index (χ4n) is 2.87. The van der Waals surface area contributed by atoms with Gasteiger partial charge in [-0.3, -0.25) is 9.78 Å². The summed E-state index contributed by atoms with van der Waals surface area (Å²) in [4.78, 5) is 16.4. The highest BCUT2D eigenvalue weighted by Gasteiger charge is 2.35. The summed E-state index contributed by atoms with van der Waals surface area (Å²) in [7, 11) is 0. The van der Waals surface area contributed by atoms with Crippen molar-refractivity contribution in [2.24, 2.45) is 5.92 Å². The molecule has 0 spiro atoms. The predicted molar refractivity (Wildman–Crippen MR) is 73.9 cm³/mol. The number of carbonyl (C=O) groups excluding carboxylic acids is 1. The third-order valence-corrected chi connectivity index (χ3v) is 3.95. The molecule has 0 radical (unpaired) electrons. The van der Waals surface area contributed by atoms with Crippen LogP contribution in [0.1, 0.15) is 48.7 Å². The Kier molecular flexibility index (Phi) is 4.20. The first-order valence-corrected chi connectivity index (χ1v) is 6.91. The van der Waals surface area contributed by atoms with Gasteiger partial charge in [-0.05, 0) is 37.8 Å². The molecule has 1 aliphatic rings. The number of amides is 1. The molecule has 1 aromatic rings. The normalized spacial score (nSPS) is 27.0. The molecular weight excluding hydrogens is 240 g/mol. The van der Waals surface area contributed by atoms with Gasteiger partial charge in [-0.1, -0.05) is 19.8 Å². The van der Waals surface area contributed by atoms with E-state index in [9.17, 15) is 9.90 Å². The summed E-state index contributed by atoms with van der Waals surface area (Å²) in [6, 6.07) is 3.60. The summed E-state index contributed by atoms with van der Waals surface area (Å²) >= 11 is 0. The van der Waals surface area contributed by atoms with Gasteiger partial charge in [0.05, 0.1) is 17.7 Å². The molecule has 19 heavy (non-hydrogen) atoms. The number of hydrogen-bond acceptors (Lipinski definition) is 3. The molecule has 1 aliphatic carbocycles. The van der Waals surface area contributed by atoms with Crippen LogP contribution in [-0.2, 0) is 0 Å². The Labute approximate surface area is 114 Å². The number of aryl methyl sites for hydroxylation is 1. The van der Waals surface area contributed by atoms with Crippen LogP contribution in [0, 0.1) is 12.8 Å². The smallest absolute Gasteiger partial charge is 0.253 e. The van der Waals surface area contributed by atoms with Gasteiger partial charge in [-0.15, -0.1) is 0 Å². The van der Waals surface area contributed by atoms with Gasteiger partial charge in [0.2, 0.25) is 0 Å². The van der Waals surface area contributed by atoms with E-state index in [2.05, 4.69) is 17.2 Å². The number of aromatic nitrogens is 1. The molecule has 0 saturated heterocycles. The van der Waals surface area contributed by atoms with Crippen LogP contribution < -0.4 is 5.32 Å². The minimum atomic E-state index is -0.459. The molecular formula is C15H22N2O2. The first kappa shape index (κ1) is 14.0. The van der Waals surface area contributed by atoms with Crippen molar-refractivity contribution in [2.45, 2.75) is 45.1 Å². The fraction of sp³-hybridized carbons (Fsp3) is 0.600. The van der Waals surface area contributed by atoms with Crippen molar-refractivity contribution in [3.63, 3.8) is 0 Å². The highest BCUT2D eigenvalue weighted by Crippen LogP contribution is 2.32. The lowest BCUT2D eigenvalue weighted by Crippen LogP contribution is -2.53. The molecule has 2 rings (SSSR count). The van der Waals surface area contributed by atoms with Crippen molar-refractivity contribution in [1.82, 2.24) is 10.3 Å². The molecule has 0 bridgehead atoms. The molecule has 1 fully saturated rings. The summed E-state index contributed by atoms with van der Waals surface area (Å²) in [5, 5.41) is 12.7. The molecule has 2 N–H and O–H groups in total. The molecule has 1 amide bonds. The van der Waals surface area contributed by atoms with Crippen LogP contribution in [0.3, 0.4) is 0 Å². The molecule has 2 atom stereocenters. The molecule has 1 heterocycles. The van der Waals surface area contributed by atoms with Crippen molar-refractivity contribution in [3.05, 3.63) is 29.6 Å². The SMILES string of the molecule is Cc1ccc(C(=O)NC2(CO)CCCC(C)C2)cn1. The van der Waals surface area contributed by atoms with Gasteiger partial charge in [-0.25, -0.2) is 0 Å². The minimum Gasteiger partial charge on any atom is -0.394 e. The van der Waals surface area contributed by atoms with Gasteiger partial charge in [0.1, 0.15) is 0 Å². The molecule has 4 heteroatoms. The molecule has 0 aliphatic heterocycles. The third-order valence-electron chi connectivity index (χ3n) is 3.95. The van der Waals surface area contributed by atoms with Crippen molar-refractivity contribution in [3.8, 4) is 0 Å². The number of nitrogens with one attached hydrogen (secondary N) is 1. The average molecular weight is 262 g/mol. The van der Waals surface area contributed by atoms with Crippen molar-refractivity contribution in [2.75, 3.05) is 6.61 Å². The van der Waals surface area contributed by atoms with Crippen LogP contribution in [0.15, 0.2) is 18.3 Å². The van der Waals surface area contributed by atoms with Crippen LogP contribution in [0.25, 0.3) is 0 Å². The second-order valence-electron chi connectivity index (χ2n) is 5.78. The highest BCUT2D eigenvalue weighted by molar-refractivity contribution is 5.94. The second kappa shape index (κ2) is 5.70. The van der Waals surface area contributed by atoms with Gasteiger partial charge in [0, 0.05) is 11.9 Å². The van der Waals surface area contributed by atoms with Crippen LogP contribution in [-0.4, -0.2) is 28.1 Å². The fourth-order valence-corrected chi connectivity index (χ4v) is 2.87. The number of carbonyl (C=O) groups is 1. The summed E-state index contributed by atoms with van der Waals surface area (Å²) in [6.07, 6.45) is 5.49. The molecule has 4 nitrogen and oxygen atoms in total. The third kappa shape index (κ3) is 3.32. The summed E-state index contributed by atoms with van der Waals surface area (Å²) in [5.41, 5.74) is 0.982. The van der Waals surface area contributed by atoms with Crippen molar-refractivity contribution in [1.29, 1.82) is 0 Å². The maximum absolute atomic E-state index is 12.2. The maximum atomic E-state index is 12.2. The van der Waals surface area contributed by atoms with Gasteiger partial charge in [0.15, 0.2) is 0 Å². The number of rotatable bonds is 3. The average Bonchev–Trinajstić information content (AvgIpc) is 2.39. The zero-order chi connectivity index (χ0) is 13.9. The van der Waals surface area contributed by atoms with Crippen LogP contribution in [0.5, 0.6) is 0 Å². The molecule has 1 aromatic heterocycles. The maximum Gasteiger partial charge on any atom is 0.253 e. The Morgan fingerprint density at radius 1 is 1.58 bits per heavy atom. The lowest BCUT2D eigenvalue weighted by Gasteiger charge is -2.39. The number of aliphatic hydroxyl groups excluding tert-OH is 1. The Morgan fingerprint density at radius 3 is 2.95 bits per heavy atom. The lowest BCUT2D eigenvalue weighted by molar-refractivity contribution is 0.0697. The lowest BCUT2D eigenvalue weighted by atomic mass is 9.76. The first-order chi connectivity index (χ1) is 9.04. The topological polar surface area (TPSA) is 62.2 Å². The Bertz CT molecular complexity index is 444.